The largest absolute Gasteiger partial charge is 0.573 e. The zero-order chi connectivity index (χ0) is 12.3. The summed E-state index contributed by atoms with van der Waals surface area (Å²) in [6, 6.07) is 3.83. The molecule has 0 saturated heterocycles. The first-order chi connectivity index (χ1) is 7.33. The van der Waals surface area contributed by atoms with Gasteiger partial charge in [-0.15, -0.1) is 25.8 Å². The van der Waals surface area contributed by atoms with Gasteiger partial charge in [0.2, 0.25) is 0 Å². The second-order valence-corrected chi connectivity index (χ2v) is 3.44. The Balaban J connectivity index is 3.09. The molecule has 88 valence electrons. The molecule has 1 rings (SSSR count). The minimum absolute atomic E-state index is 0.145. The summed E-state index contributed by atoms with van der Waals surface area (Å²) in [5.41, 5.74) is 6.04. The van der Waals surface area contributed by atoms with Crippen LogP contribution in [0, 0.1) is 0 Å². The Morgan fingerprint density at radius 3 is 2.56 bits per heavy atom. The molecule has 0 aliphatic heterocycles. The van der Waals surface area contributed by atoms with Crippen LogP contribution < -0.4 is 10.5 Å². The molecule has 0 unspecified atom stereocenters. The molecule has 0 heterocycles. The molecule has 0 saturated carbocycles. The number of ether oxygens (including phenoxy) is 1. The fraction of sp³-hybridized carbons (Fsp3) is 0.111. The number of alkyl halides is 3. The van der Waals surface area contributed by atoms with E-state index in [1.807, 2.05) is 0 Å². The minimum Gasteiger partial charge on any atom is -0.404 e. The van der Waals surface area contributed by atoms with Crippen LogP contribution in [0.3, 0.4) is 0 Å². The van der Waals surface area contributed by atoms with Crippen molar-refractivity contribution in [3.63, 3.8) is 0 Å². The third-order valence-corrected chi connectivity index (χ3v) is 2.22. The third kappa shape index (κ3) is 3.53. The van der Waals surface area contributed by atoms with E-state index < -0.39 is 12.1 Å². The standard InChI is InChI=1S/C9H7ClF3NOS/c10-6-2-1-5(7(14)4-16)3-8(6)15-9(11,12)13/h1-4,16H,14H2/b7-4-. The predicted molar refractivity (Wildman–Crippen MR) is 59.3 cm³/mol. The topological polar surface area (TPSA) is 35.2 Å². The second kappa shape index (κ2) is 4.88. The molecule has 0 atom stereocenters. The first-order valence-electron chi connectivity index (χ1n) is 3.99. The normalized spacial score (nSPS) is 12.7. The van der Waals surface area contributed by atoms with Crippen LogP contribution in [0.2, 0.25) is 5.02 Å². The van der Waals surface area contributed by atoms with Crippen molar-refractivity contribution in [2.75, 3.05) is 0 Å². The van der Waals surface area contributed by atoms with E-state index in [2.05, 4.69) is 17.4 Å². The van der Waals surface area contributed by atoms with E-state index in [0.29, 0.717) is 5.56 Å². The number of hydrogen-bond donors (Lipinski definition) is 2. The Hall–Kier alpha value is -1.01. The Kier molecular flexibility index (Phi) is 3.98. The van der Waals surface area contributed by atoms with Crippen LogP contribution in [0.25, 0.3) is 5.70 Å². The molecule has 0 amide bonds. The lowest BCUT2D eigenvalue weighted by Gasteiger charge is -2.11. The van der Waals surface area contributed by atoms with E-state index in [1.165, 1.54) is 17.5 Å². The molecule has 0 bridgehead atoms. The van der Waals surface area contributed by atoms with Gasteiger partial charge < -0.3 is 10.5 Å². The molecular weight excluding hydrogens is 263 g/mol. The quantitative estimate of drug-likeness (QED) is 0.807. The van der Waals surface area contributed by atoms with Crippen LogP contribution in [0.4, 0.5) is 13.2 Å². The zero-order valence-corrected chi connectivity index (χ0v) is 9.40. The Bertz CT molecular complexity index is 420. The summed E-state index contributed by atoms with van der Waals surface area (Å²) < 4.78 is 39.7. The lowest BCUT2D eigenvalue weighted by Crippen LogP contribution is -2.17. The van der Waals surface area contributed by atoms with Gasteiger partial charge in [0.15, 0.2) is 0 Å². The molecule has 0 spiro atoms. The Morgan fingerprint density at radius 1 is 1.44 bits per heavy atom. The first kappa shape index (κ1) is 13.1. The molecule has 1 aromatic rings. The Morgan fingerprint density at radius 2 is 2.06 bits per heavy atom. The van der Waals surface area contributed by atoms with Crippen LogP contribution in [-0.4, -0.2) is 6.36 Å². The average molecular weight is 270 g/mol. The van der Waals surface area contributed by atoms with E-state index in [0.717, 1.165) is 6.07 Å². The van der Waals surface area contributed by atoms with Crippen molar-refractivity contribution < 1.29 is 17.9 Å². The lowest BCUT2D eigenvalue weighted by molar-refractivity contribution is -0.274. The summed E-state index contributed by atoms with van der Waals surface area (Å²) in [6.45, 7) is 0. The highest BCUT2D eigenvalue weighted by molar-refractivity contribution is 7.83. The average Bonchev–Trinajstić information content (AvgIpc) is 2.18. The van der Waals surface area contributed by atoms with Crippen LogP contribution in [0.5, 0.6) is 5.75 Å². The molecule has 0 fully saturated rings. The fourth-order valence-corrected chi connectivity index (χ4v) is 1.27. The van der Waals surface area contributed by atoms with Crippen LogP contribution in [-0.2, 0) is 0 Å². The molecule has 2 N–H and O–H groups in total. The number of nitrogens with two attached hydrogens (primary N) is 1. The minimum atomic E-state index is -4.79. The highest BCUT2D eigenvalue weighted by Crippen LogP contribution is 2.31. The van der Waals surface area contributed by atoms with Gasteiger partial charge >= 0.3 is 6.36 Å². The van der Waals surface area contributed by atoms with Gasteiger partial charge in [-0.05, 0) is 17.5 Å². The van der Waals surface area contributed by atoms with E-state index in [4.69, 9.17) is 17.3 Å². The number of benzene rings is 1. The second-order valence-electron chi connectivity index (χ2n) is 2.78. The van der Waals surface area contributed by atoms with Crippen LogP contribution in [0.15, 0.2) is 23.6 Å². The molecule has 0 radical (unpaired) electrons. The van der Waals surface area contributed by atoms with Crippen LogP contribution in [0.1, 0.15) is 5.56 Å². The summed E-state index contributed by atoms with van der Waals surface area (Å²) in [5, 5.41) is 1.12. The highest BCUT2D eigenvalue weighted by Gasteiger charge is 2.32. The van der Waals surface area contributed by atoms with Gasteiger partial charge in [-0.3, -0.25) is 0 Å². The van der Waals surface area contributed by atoms with E-state index in [9.17, 15) is 13.2 Å². The summed E-state index contributed by atoms with van der Waals surface area (Å²) in [7, 11) is 0. The molecule has 0 aliphatic rings. The van der Waals surface area contributed by atoms with Crippen molar-refractivity contribution in [3.8, 4) is 5.75 Å². The van der Waals surface area contributed by atoms with Crippen molar-refractivity contribution in [1.29, 1.82) is 0 Å². The number of rotatable bonds is 2. The van der Waals surface area contributed by atoms with Gasteiger partial charge in [0.25, 0.3) is 0 Å². The molecular formula is C9H7ClF3NOS. The maximum atomic E-state index is 12.0. The molecule has 7 heteroatoms. The third-order valence-electron chi connectivity index (χ3n) is 1.63. The predicted octanol–water partition coefficient (Wildman–Crippen LogP) is 3.43. The highest BCUT2D eigenvalue weighted by atomic mass is 35.5. The van der Waals surface area contributed by atoms with Gasteiger partial charge in [0.1, 0.15) is 5.75 Å². The van der Waals surface area contributed by atoms with E-state index in [1.54, 1.807) is 0 Å². The van der Waals surface area contributed by atoms with Crippen molar-refractivity contribution in [2.45, 2.75) is 6.36 Å². The van der Waals surface area contributed by atoms with Gasteiger partial charge in [-0.1, -0.05) is 17.7 Å². The SMILES string of the molecule is N/C(=C\S)c1ccc(Cl)c(OC(F)(F)F)c1. The van der Waals surface area contributed by atoms with Gasteiger partial charge in [-0.25, -0.2) is 0 Å². The Labute approximate surface area is 100 Å². The number of halogens is 4. The summed E-state index contributed by atoms with van der Waals surface area (Å²) >= 11 is 9.34. The fourth-order valence-electron chi connectivity index (χ4n) is 0.960. The van der Waals surface area contributed by atoms with Gasteiger partial charge in [0, 0.05) is 11.3 Å². The summed E-state index contributed by atoms with van der Waals surface area (Å²) in [5.74, 6) is -0.496. The smallest absolute Gasteiger partial charge is 0.404 e. The summed E-state index contributed by atoms with van der Waals surface area (Å²) in [6.07, 6.45) is -4.79. The molecule has 2 nitrogen and oxygen atoms in total. The summed E-state index contributed by atoms with van der Waals surface area (Å²) in [4.78, 5) is 0. The first-order valence-corrected chi connectivity index (χ1v) is 4.88. The van der Waals surface area contributed by atoms with Crippen LogP contribution >= 0.6 is 24.2 Å². The van der Waals surface area contributed by atoms with E-state index in [-0.39, 0.29) is 10.7 Å². The lowest BCUT2D eigenvalue weighted by atomic mass is 10.2. The van der Waals surface area contributed by atoms with Crippen molar-refractivity contribution in [1.82, 2.24) is 0 Å². The number of hydrogen-bond acceptors (Lipinski definition) is 3. The molecule has 1 aromatic carbocycles. The van der Waals surface area contributed by atoms with E-state index >= 15 is 0 Å². The molecule has 0 aromatic heterocycles. The molecule has 16 heavy (non-hydrogen) atoms. The zero-order valence-electron chi connectivity index (χ0n) is 7.75. The molecule has 0 aliphatic carbocycles. The maximum absolute atomic E-state index is 12.0. The van der Waals surface area contributed by atoms with Crippen molar-refractivity contribution in [3.05, 3.63) is 34.2 Å². The van der Waals surface area contributed by atoms with Crippen molar-refractivity contribution in [2.24, 2.45) is 5.73 Å². The number of thiol groups is 1. The monoisotopic (exact) mass is 269 g/mol. The van der Waals surface area contributed by atoms with Crippen molar-refractivity contribution >= 4 is 29.9 Å². The maximum Gasteiger partial charge on any atom is 0.573 e. The van der Waals surface area contributed by atoms with Gasteiger partial charge in [0.05, 0.1) is 5.02 Å². The van der Waals surface area contributed by atoms with Gasteiger partial charge in [-0.2, -0.15) is 0 Å².